The van der Waals surface area contributed by atoms with Gasteiger partial charge in [-0.2, -0.15) is 0 Å². The van der Waals surface area contributed by atoms with E-state index in [1.54, 1.807) is 18.2 Å². The zero-order chi connectivity index (χ0) is 28.6. The average Bonchev–Trinajstić information content (AvgIpc) is 2.91. The van der Waals surface area contributed by atoms with Crippen LogP contribution in [0.2, 0.25) is 10.0 Å². The second-order valence-electron chi connectivity index (χ2n) is 9.11. The summed E-state index contributed by atoms with van der Waals surface area (Å²) in [6, 6.07) is 18.8. The van der Waals surface area contributed by atoms with Crippen molar-refractivity contribution in [3.63, 3.8) is 0 Å². The predicted octanol–water partition coefficient (Wildman–Crippen LogP) is 5.83. The number of nitrogens with zero attached hydrogens (tertiary/aromatic N) is 2. The quantitative estimate of drug-likeness (QED) is 0.288. The van der Waals surface area contributed by atoms with Crippen LogP contribution in [-0.4, -0.2) is 44.3 Å². The van der Waals surface area contributed by atoms with Gasteiger partial charge in [0.15, 0.2) is 0 Å². The molecule has 7 nitrogen and oxygen atoms in total. The lowest BCUT2D eigenvalue weighted by Crippen LogP contribution is -2.52. The molecule has 0 saturated heterocycles. The molecule has 3 rings (SSSR count). The van der Waals surface area contributed by atoms with Gasteiger partial charge in [-0.15, -0.1) is 0 Å². The normalized spacial score (nSPS) is 12.0. The van der Waals surface area contributed by atoms with Crippen LogP contribution >= 0.6 is 23.2 Å². The van der Waals surface area contributed by atoms with E-state index >= 15 is 0 Å². The van der Waals surface area contributed by atoms with E-state index in [2.05, 4.69) is 5.32 Å². The lowest BCUT2D eigenvalue weighted by molar-refractivity contribution is -0.140. The second-order valence-corrected chi connectivity index (χ2v) is 11.8. The number of nitrogens with one attached hydrogen (secondary N) is 1. The number of anilines is 1. The highest BCUT2D eigenvalue weighted by Gasteiger charge is 2.33. The minimum Gasteiger partial charge on any atom is -0.354 e. The number of carbonyl (C=O) groups excluding carboxylic acids is 2. The van der Waals surface area contributed by atoms with Gasteiger partial charge < -0.3 is 10.2 Å². The summed E-state index contributed by atoms with van der Waals surface area (Å²) >= 11 is 12.2. The Morgan fingerprint density at radius 1 is 0.923 bits per heavy atom. The Balaban J connectivity index is 2.06. The molecule has 2 amide bonds. The van der Waals surface area contributed by atoms with Crippen LogP contribution in [0.5, 0.6) is 0 Å². The minimum atomic E-state index is -4.20. The van der Waals surface area contributed by atoms with Crippen molar-refractivity contribution in [2.24, 2.45) is 0 Å². The van der Waals surface area contributed by atoms with Crippen LogP contribution in [0.3, 0.4) is 0 Å². The van der Waals surface area contributed by atoms with Gasteiger partial charge in [-0.1, -0.05) is 67.4 Å². The first-order valence-electron chi connectivity index (χ1n) is 12.7. The van der Waals surface area contributed by atoms with Gasteiger partial charge in [0.1, 0.15) is 12.6 Å². The van der Waals surface area contributed by atoms with Gasteiger partial charge >= 0.3 is 0 Å². The van der Waals surface area contributed by atoms with Crippen LogP contribution < -0.4 is 9.62 Å². The number of hydrogen-bond acceptors (Lipinski definition) is 4. The SMILES string of the molecule is CCCNC(=O)[C@@H](CC)N(Cc1ccccc1C)C(=O)CN(c1cccc(Cl)c1)S(=O)(=O)c1ccc(Cl)cc1. The molecular weight excluding hydrogens is 557 g/mol. The van der Waals surface area contributed by atoms with E-state index in [-0.39, 0.29) is 23.0 Å². The molecule has 0 radical (unpaired) electrons. The van der Waals surface area contributed by atoms with Gasteiger partial charge in [0.2, 0.25) is 11.8 Å². The summed E-state index contributed by atoms with van der Waals surface area (Å²) in [6.07, 6.45) is 1.10. The maximum atomic E-state index is 14.0. The number of sulfonamides is 1. The highest BCUT2D eigenvalue weighted by Crippen LogP contribution is 2.28. The molecule has 0 unspecified atom stereocenters. The summed E-state index contributed by atoms with van der Waals surface area (Å²) in [5.74, 6) is -0.801. The van der Waals surface area contributed by atoms with Crippen molar-refractivity contribution in [1.82, 2.24) is 10.2 Å². The molecule has 39 heavy (non-hydrogen) atoms. The van der Waals surface area contributed by atoms with Gasteiger partial charge in [-0.25, -0.2) is 8.42 Å². The van der Waals surface area contributed by atoms with Crippen molar-refractivity contribution < 1.29 is 18.0 Å². The van der Waals surface area contributed by atoms with Crippen LogP contribution in [-0.2, 0) is 26.2 Å². The number of rotatable bonds is 12. The standard InChI is InChI=1S/C29H33Cl2N3O4S/c1-4-17-32-29(36)27(5-2)33(19-22-10-7-6-9-21(22)3)28(35)20-34(25-12-8-11-24(31)18-25)39(37,38)26-15-13-23(30)14-16-26/h6-16,18,27H,4-5,17,19-20H2,1-3H3,(H,32,36)/t27-/m1/s1. The third kappa shape index (κ3) is 7.75. The van der Waals surface area contributed by atoms with Crippen molar-refractivity contribution in [1.29, 1.82) is 0 Å². The van der Waals surface area contributed by atoms with Crippen molar-refractivity contribution in [3.8, 4) is 0 Å². The Morgan fingerprint density at radius 2 is 1.62 bits per heavy atom. The second kappa shape index (κ2) is 13.8. The molecule has 0 aliphatic rings. The Hall–Kier alpha value is -3.07. The lowest BCUT2D eigenvalue weighted by atomic mass is 10.1. The first-order chi connectivity index (χ1) is 18.6. The highest BCUT2D eigenvalue weighted by atomic mass is 35.5. The molecule has 0 saturated carbocycles. The highest BCUT2D eigenvalue weighted by molar-refractivity contribution is 7.92. The van der Waals surface area contributed by atoms with Gasteiger partial charge in [0, 0.05) is 23.1 Å². The van der Waals surface area contributed by atoms with Gasteiger partial charge in [0.05, 0.1) is 10.6 Å². The first kappa shape index (κ1) is 30.5. The zero-order valence-corrected chi connectivity index (χ0v) is 24.6. The van der Waals surface area contributed by atoms with Crippen molar-refractivity contribution in [2.75, 3.05) is 17.4 Å². The van der Waals surface area contributed by atoms with Crippen molar-refractivity contribution >= 4 is 50.7 Å². The molecule has 1 atom stereocenters. The molecule has 208 valence electrons. The fraction of sp³-hybridized carbons (Fsp3) is 0.310. The van der Waals surface area contributed by atoms with Crippen LogP contribution in [0.4, 0.5) is 5.69 Å². The number of aryl methyl sites for hydroxylation is 1. The Morgan fingerprint density at radius 3 is 2.23 bits per heavy atom. The van der Waals surface area contributed by atoms with Gasteiger partial charge in [-0.05, 0) is 73.4 Å². The number of halogens is 2. The van der Waals surface area contributed by atoms with Crippen LogP contribution in [0.25, 0.3) is 0 Å². The molecule has 0 spiro atoms. The van der Waals surface area contributed by atoms with E-state index in [0.717, 1.165) is 21.9 Å². The van der Waals surface area contributed by atoms with Crippen LogP contribution in [0.15, 0.2) is 77.7 Å². The fourth-order valence-corrected chi connectivity index (χ4v) is 5.87. The molecule has 0 aromatic heterocycles. The van der Waals surface area contributed by atoms with Crippen molar-refractivity contribution in [3.05, 3.63) is 94.0 Å². The predicted molar refractivity (Wildman–Crippen MR) is 157 cm³/mol. The number of carbonyl (C=O) groups is 2. The summed E-state index contributed by atoms with van der Waals surface area (Å²) in [4.78, 5) is 28.6. The third-order valence-corrected chi connectivity index (χ3v) is 8.59. The van der Waals surface area contributed by atoms with E-state index in [1.165, 1.54) is 35.2 Å². The summed E-state index contributed by atoms with van der Waals surface area (Å²) in [7, 11) is -4.20. The molecular formula is C29H33Cl2N3O4S. The molecule has 10 heteroatoms. The Bertz CT molecular complexity index is 1400. The molecule has 0 heterocycles. The Labute approximate surface area is 240 Å². The first-order valence-corrected chi connectivity index (χ1v) is 14.9. The summed E-state index contributed by atoms with van der Waals surface area (Å²) in [5.41, 5.74) is 2.05. The molecule has 0 aliphatic carbocycles. The minimum absolute atomic E-state index is 0.0298. The van der Waals surface area contributed by atoms with E-state index in [0.29, 0.717) is 23.0 Å². The molecule has 0 aliphatic heterocycles. The fourth-order valence-electron chi connectivity index (χ4n) is 4.15. The maximum absolute atomic E-state index is 14.0. The Kier molecular flexibility index (Phi) is 10.8. The number of hydrogen-bond donors (Lipinski definition) is 1. The molecule has 0 fully saturated rings. The molecule has 3 aromatic rings. The summed E-state index contributed by atoms with van der Waals surface area (Å²) in [5, 5.41) is 3.58. The molecule has 0 bridgehead atoms. The monoisotopic (exact) mass is 589 g/mol. The van der Waals surface area contributed by atoms with Crippen molar-refractivity contribution in [2.45, 2.75) is 51.1 Å². The van der Waals surface area contributed by atoms with Crippen LogP contribution in [0, 0.1) is 6.92 Å². The lowest BCUT2D eigenvalue weighted by Gasteiger charge is -2.33. The zero-order valence-electron chi connectivity index (χ0n) is 22.2. The van der Waals surface area contributed by atoms with Crippen LogP contribution in [0.1, 0.15) is 37.8 Å². The molecule has 3 aromatic carbocycles. The average molecular weight is 591 g/mol. The van der Waals surface area contributed by atoms with E-state index in [1.807, 2.05) is 45.0 Å². The summed E-state index contributed by atoms with van der Waals surface area (Å²) < 4.78 is 28.7. The van der Waals surface area contributed by atoms with Gasteiger partial charge in [-0.3, -0.25) is 13.9 Å². The maximum Gasteiger partial charge on any atom is 0.264 e. The van der Waals surface area contributed by atoms with E-state index in [9.17, 15) is 18.0 Å². The van der Waals surface area contributed by atoms with Gasteiger partial charge in [0.25, 0.3) is 10.0 Å². The topological polar surface area (TPSA) is 86.8 Å². The smallest absolute Gasteiger partial charge is 0.264 e. The van der Waals surface area contributed by atoms with E-state index < -0.39 is 28.5 Å². The number of amides is 2. The summed E-state index contributed by atoms with van der Waals surface area (Å²) in [6.45, 7) is 5.79. The molecule has 1 N–H and O–H groups in total. The number of benzene rings is 3. The van der Waals surface area contributed by atoms with E-state index in [4.69, 9.17) is 23.2 Å². The largest absolute Gasteiger partial charge is 0.354 e. The third-order valence-electron chi connectivity index (χ3n) is 6.31.